The van der Waals surface area contributed by atoms with Gasteiger partial charge in [-0.25, -0.2) is 4.79 Å². The summed E-state index contributed by atoms with van der Waals surface area (Å²) in [5.41, 5.74) is -0.0262. The van der Waals surface area contributed by atoms with Crippen molar-refractivity contribution in [2.24, 2.45) is 0 Å². The average molecular weight is 292 g/mol. The topological polar surface area (TPSA) is 117 Å². The number of furan rings is 1. The van der Waals surface area contributed by atoms with Crippen LogP contribution in [0.25, 0.3) is 11.5 Å². The van der Waals surface area contributed by atoms with Gasteiger partial charge in [-0.1, -0.05) is 5.16 Å². The maximum atomic E-state index is 12.3. The summed E-state index contributed by atoms with van der Waals surface area (Å²) in [5.74, 6) is -1.07. The molecule has 1 amide bonds. The number of carboxylic acids is 1. The SMILES string of the molecule is O=C(O)[C@H]1C[C@@H](O)CN1C(=O)c1cc(-c2ccco2)on1. The summed E-state index contributed by atoms with van der Waals surface area (Å²) in [6.45, 7) is -0.0429. The Kier molecular flexibility index (Phi) is 3.22. The maximum absolute atomic E-state index is 12.3. The number of carbonyl (C=O) groups is 2. The molecule has 1 aliphatic heterocycles. The molecule has 3 rings (SSSR count). The van der Waals surface area contributed by atoms with Crippen molar-refractivity contribution in [1.29, 1.82) is 0 Å². The number of aliphatic carboxylic acids is 1. The summed E-state index contributed by atoms with van der Waals surface area (Å²) in [6.07, 6.45) is 0.604. The normalized spacial score (nSPS) is 21.7. The number of aliphatic hydroxyl groups excluding tert-OH is 1. The van der Waals surface area contributed by atoms with E-state index in [9.17, 15) is 14.7 Å². The third kappa shape index (κ3) is 2.40. The van der Waals surface area contributed by atoms with Crippen molar-refractivity contribution in [2.45, 2.75) is 18.6 Å². The highest BCUT2D eigenvalue weighted by Crippen LogP contribution is 2.24. The van der Waals surface area contributed by atoms with E-state index in [1.807, 2.05) is 0 Å². The molecule has 0 radical (unpaired) electrons. The fraction of sp³-hybridized carbons (Fsp3) is 0.308. The first-order valence-electron chi connectivity index (χ1n) is 6.28. The van der Waals surface area contributed by atoms with Gasteiger partial charge in [-0.05, 0) is 12.1 Å². The van der Waals surface area contributed by atoms with Crippen LogP contribution in [0, 0.1) is 0 Å². The highest BCUT2D eigenvalue weighted by molar-refractivity contribution is 5.96. The number of rotatable bonds is 3. The van der Waals surface area contributed by atoms with Crippen molar-refractivity contribution in [1.82, 2.24) is 10.1 Å². The molecule has 0 aliphatic carbocycles. The third-order valence-corrected chi connectivity index (χ3v) is 3.32. The molecular formula is C13H12N2O6. The fourth-order valence-electron chi connectivity index (χ4n) is 2.33. The van der Waals surface area contributed by atoms with Crippen molar-refractivity contribution < 1.29 is 28.7 Å². The van der Waals surface area contributed by atoms with Gasteiger partial charge in [0.1, 0.15) is 6.04 Å². The van der Waals surface area contributed by atoms with Gasteiger partial charge in [-0.2, -0.15) is 0 Å². The number of likely N-dealkylation sites (tertiary alicyclic amines) is 1. The van der Waals surface area contributed by atoms with Crippen molar-refractivity contribution in [3.8, 4) is 11.5 Å². The smallest absolute Gasteiger partial charge is 0.326 e. The van der Waals surface area contributed by atoms with E-state index in [0.717, 1.165) is 4.90 Å². The van der Waals surface area contributed by atoms with Crippen molar-refractivity contribution >= 4 is 11.9 Å². The molecule has 0 unspecified atom stereocenters. The Bertz CT molecular complexity index is 662. The molecular weight excluding hydrogens is 280 g/mol. The van der Waals surface area contributed by atoms with Gasteiger partial charge in [-0.3, -0.25) is 4.79 Å². The summed E-state index contributed by atoms with van der Waals surface area (Å²) < 4.78 is 10.1. The van der Waals surface area contributed by atoms with Crippen LogP contribution in [0.2, 0.25) is 0 Å². The van der Waals surface area contributed by atoms with Crippen LogP contribution in [-0.4, -0.2) is 50.8 Å². The third-order valence-electron chi connectivity index (χ3n) is 3.32. The molecule has 8 nitrogen and oxygen atoms in total. The second kappa shape index (κ2) is 5.06. The van der Waals surface area contributed by atoms with Crippen LogP contribution in [0.5, 0.6) is 0 Å². The molecule has 2 atom stereocenters. The van der Waals surface area contributed by atoms with Gasteiger partial charge in [0.05, 0.1) is 12.4 Å². The molecule has 1 fully saturated rings. The largest absolute Gasteiger partial charge is 0.480 e. The van der Waals surface area contributed by atoms with E-state index < -0.39 is 24.0 Å². The van der Waals surface area contributed by atoms with E-state index in [-0.39, 0.29) is 24.4 Å². The van der Waals surface area contributed by atoms with Crippen LogP contribution < -0.4 is 0 Å². The predicted octanol–water partition coefficient (Wildman–Crippen LogP) is 0.595. The van der Waals surface area contributed by atoms with Crippen LogP contribution in [-0.2, 0) is 4.79 Å². The molecule has 0 spiro atoms. The Labute approximate surface area is 118 Å². The Morgan fingerprint density at radius 3 is 2.86 bits per heavy atom. The molecule has 0 aromatic carbocycles. The van der Waals surface area contributed by atoms with Gasteiger partial charge in [-0.15, -0.1) is 0 Å². The highest BCUT2D eigenvalue weighted by atomic mass is 16.5. The lowest BCUT2D eigenvalue weighted by atomic mass is 10.2. The highest BCUT2D eigenvalue weighted by Gasteiger charge is 2.40. The molecule has 0 saturated carbocycles. The Balaban J connectivity index is 1.83. The molecule has 0 bridgehead atoms. The van der Waals surface area contributed by atoms with E-state index in [2.05, 4.69) is 5.16 Å². The van der Waals surface area contributed by atoms with Crippen molar-refractivity contribution in [3.05, 3.63) is 30.2 Å². The number of hydrogen-bond acceptors (Lipinski definition) is 6. The van der Waals surface area contributed by atoms with Gasteiger partial charge >= 0.3 is 5.97 Å². The summed E-state index contributed by atoms with van der Waals surface area (Å²) >= 11 is 0. The number of amides is 1. The molecule has 1 aliphatic rings. The summed E-state index contributed by atoms with van der Waals surface area (Å²) in [6, 6.07) is 3.63. The summed E-state index contributed by atoms with van der Waals surface area (Å²) in [5, 5.41) is 22.3. The van der Waals surface area contributed by atoms with E-state index in [4.69, 9.17) is 14.0 Å². The van der Waals surface area contributed by atoms with Gasteiger partial charge in [0.2, 0.25) is 5.76 Å². The first-order valence-corrected chi connectivity index (χ1v) is 6.28. The van der Waals surface area contributed by atoms with Crippen LogP contribution in [0.1, 0.15) is 16.9 Å². The van der Waals surface area contributed by atoms with E-state index in [1.165, 1.54) is 12.3 Å². The number of aliphatic hydroxyl groups is 1. The zero-order chi connectivity index (χ0) is 15.0. The lowest BCUT2D eigenvalue weighted by Gasteiger charge is -2.19. The van der Waals surface area contributed by atoms with Gasteiger partial charge in [0.15, 0.2) is 11.5 Å². The predicted molar refractivity (Wildman–Crippen MR) is 67.3 cm³/mol. The molecule has 110 valence electrons. The first kappa shape index (κ1) is 13.4. The van der Waals surface area contributed by atoms with Crippen molar-refractivity contribution in [3.63, 3.8) is 0 Å². The quantitative estimate of drug-likeness (QED) is 0.850. The minimum atomic E-state index is -1.16. The second-order valence-electron chi connectivity index (χ2n) is 4.75. The molecule has 2 N–H and O–H groups in total. The number of nitrogens with zero attached hydrogens (tertiary/aromatic N) is 2. The number of β-amino-alcohol motifs (C(OH)–C–C–N with tert-alkyl or cyclic N) is 1. The second-order valence-corrected chi connectivity index (χ2v) is 4.75. The average Bonchev–Trinajstić information content (AvgIpc) is 3.17. The summed E-state index contributed by atoms with van der Waals surface area (Å²) in [7, 11) is 0. The van der Waals surface area contributed by atoms with Crippen LogP contribution >= 0.6 is 0 Å². The van der Waals surface area contributed by atoms with Gasteiger partial charge in [0, 0.05) is 19.0 Å². The minimum Gasteiger partial charge on any atom is -0.480 e. The Hall–Kier alpha value is -2.61. The molecule has 1 saturated heterocycles. The fourth-order valence-corrected chi connectivity index (χ4v) is 2.33. The lowest BCUT2D eigenvalue weighted by molar-refractivity contribution is -0.141. The molecule has 3 heterocycles. The van der Waals surface area contributed by atoms with Gasteiger partial charge < -0.3 is 24.1 Å². The zero-order valence-electron chi connectivity index (χ0n) is 10.8. The van der Waals surface area contributed by atoms with Gasteiger partial charge in [0.25, 0.3) is 5.91 Å². The van der Waals surface area contributed by atoms with Crippen LogP contribution in [0.3, 0.4) is 0 Å². The molecule has 2 aromatic rings. The minimum absolute atomic E-state index is 0.00393. The monoisotopic (exact) mass is 292 g/mol. The molecule has 8 heteroatoms. The summed E-state index contributed by atoms with van der Waals surface area (Å²) in [4.78, 5) is 24.5. The van der Waals surface area contributed by atoms with E-state index in [0.29, 0.717) is 5.76 Å². The zero-order valence-corrected chi connectivity index (χ0v) is 10.8. The van der Waals surface area contributed by atoms with Crippen LogP contribution in [0.4, 0.5) is 0 Å². The molecule has 2 aromatic heterocycles. The first-order chi connectivity index (χ1) is 10.1. The number of hydrogen-bond donors (Lipinski definition) is 2. The number of carbonyl (C=O) groups excluding carboxylic acids is 1. The van der Waals surface area contributed by atoms with E-state index >= 15 is 0 Å². The van der Waals surface area contributed by atoms with Crippen molar-refractivity contribution in [2.75, 3.05) is 6.54 Å². The standard InChI is InChI=1S/C13H12N2O6/c16-7-4-9(13(18)19)15(6-7)12(17)8-5-11(21-14-8)10-2-1-3-20-10/h1-3,5,7,9,16H,4,6H2,(H,18,19)/t7-,9-/m1/s1. The molecule has 21 heavy (non-hydrogen) atoms. The number of carboxylic acid groups (broad SMARTS) is 1. The number of aromatic nitrogens is 1. The lowest BCUT2D eigenvalue weighted by Crippen LogP contribution is -2.40. The Morgan fingerprint density at radius 1 is 1.38 bits per heavy atom. The van der Waals surface area contributed by atoms with Crippen LogP contribution in [0.15, 0.2) is 33.4 Å². The Morgan fingerprint density at radius 2 is 2.19 bits per heavy atom. The van der Waals surface area contributed by atoms with E-state index in [1.54, 1.807) is 12.1 Å². The maximum Gasteiger partial charge on any atom is 0.326 e.